The van der Waals surface area contributed by atoms with Crippen LogP contribution in [-0.2, 0) is 6.54 Å². The molecule has 5 heteroatoms. The first-order valence-electron chi connectivity index (χ1n) is 9.93. The van der Waals surface area contributed by atoms with Crippen molar-refractivity contribution in [3.63, 3.8) is 0 Å². The van der Waals surface area contributed by atoms with Crippen molar-refractivity contribution >= 4 is 5.91 Å². The number of hydrogen-bond acceptors (Lipinski definition) is 4. The fraction of sp³-hybridized carbons (Fsp3) is 0.500. The number of likely N-dealkylation sites (tertiary alicyclic amines) is 1. The molecule has 1 atom stereocenters. The minimum absolute atomic E-state index is 0.0197. The maximum atomic E-state index is 12.5. The third-order valence-electron chi connectivity index (χ3n) is 5.27. The number of rotatable bonds is 7. The molecule has 0 aliphatic carbocycles. The number of carbonyl (C=O) groups excluding carboxylic acids is 1. The average molecular weight is 370 g/mol. The topological polar surface area (TPSA) is 48.7 Å². The Morgan fingerprint density at radius 1 is 1.11 bits per heavy atom. The molecular weight excluding hydrogens is 338 g/mol. The van der Waals surface area contributed by atoms with Crippen LogP contribution in [0.25, 0.3) is 0 Å². The lowest BCUT2D eigenvalue weighted by Crippen LogP contribution is -2.34. The van der Waals surface area contributed by atoms with Crippen LogP contribution in [0, 0.1) is 0 Å². The first kappa shape index (κ1) is 19.6. The second-order valence-corrected chi connectivity index (χ2v) is 7.59. The van der Waals surface area contributed by atoms with Gasteiger partial charge in [0.2, 0.25) is 0 Å². The van der Waals surface area contributed by atoms with Gasteiger partial charge in [-0.1, -0.05) is 25.0 Å². The maximum absolute atomic E-state index is 12.5. The van der Waals surface area contributed by atoms with E-state index >= 15 is 0 Å². The second-order valence-electron chi connectivity index (χ2n) is 7.59. The monoisotopic (exact) mass is 369 g/mol. The Kier molecular flexibility index (Phi) is 7.07. The Labute approximate surface area is 162 Å². The van der Waals surface area contributed by atoms with Crippen molar-refractivity contribution in [2.75, 3.05) is 33.7 Å². The number of likely N-dealkylation sites (N-methyl/N-ethyl adjacent to an activating group) is 1. The highest BCUT2D eigenvalue weighted by Crippen LogP contribution is 2.18. The highest BCUT2D eigenvalue weighted by molar-refractivity contribution is 5.94. The molecule has 5 nitrogen and oxygen atoms in total. The van der Waals surface area contributed by atoms with Crippen LogP contribution in [-0.4, -0.2) is 49.4 Å². The molecule has 1 aromatic heterocycles. The zero-order valence-electron chi connectivity index (χ0n) is 16.5. The van der Waals surface area contributed by atoms with Crippen molar-refractivity contribution < 1.29 is 9.21 Å². The van der Waals surface area contributed by atoms with Gasteiger partial charge in [0, 0.05) is 18.7 Å². The molecule has 0 unspecified atom stereocenters. The zero-order valence-corrected chi connectivity index (χ0v) is 16.5. The maximum Gasteiger partial charge on any atom is 0.251 e. The molecule has 2 heterocycles. The van der Waals surface area contributed by atoms with Gasteiger partial charge in [0.25, 0.3) is 5.91 Å². The molecule has 0 bridgehead atoms. The third-order valence-corrected chi connectivity index (χ3v) is 5.27. The first-order valence-corrected chi connectivity index (χ1v) is 9.93. The van der Waals surface area contributed by atoms with E-state index in [0.717, 1.165) is 12.3 Å². The number of furan rings is 1. The van der Waals surface area contributed by atoms with Crippen molar-refractivity contribution in [2.45, 2.75) is 38.3 Å². The highest BCUT2D eigenvalue weighted by Gasteiger charge is 2.18. The van der Waals surface area contributed by atoms with Crippen molar-refractivity contribution in [3.05, 3.63) is 59.5 Å². The summed E-state index contributed by atoms with van der Waals surface area (Å²) in [5.41, 5.74) is 1.97. The Hall–Kier alpha value is -2.11. The Balaban J connectivity index is 1.53. The Morgan fingerprint density at radius 3 is 2.41 bits per heavy atom. The predicted molar refractivity (Wildman–Crippen MR) is 108 cm³/mol. The second kappa shape index (κ2) is 9.72. The van der Waals surface area contributed by atoms with E-state index in [1.54, 1.807) is 6.26 Å². The van der Waals surface area contributed by atoms with Gasteiger partial charge in [-0.05, 0) is 69.9 Å². The van der Waals surface area contributed by atoms with Gasteiger partial charge in [-0.3, -0.25) is 14.6 Å². The standard InChI is InChI=1S/C22H31N3O2/c1-24(2)20(21-8-7-15-27-21)16-23-22(26)19-11-9-18(10-12-19)17-25-13-5-3-4-6-14-25/h7-12,15,20H,3-6,13-14,16-17H2,1-2H3,(H,23,26)/t20-/m1/s1. The van der Waals surface area contributed by atoms with Gasteiger partial charge in [0.15, 0.2) is 0 Å². The quantitative estimate of drug-likeness (QED) is 0.809. The van der Waals surface area contributed by atoms with E-state index in [9.17, 15) is 4.79 Å². The summed E-state index contributed by atoms with van der Waals surface area (Å²) in [6, 6.07) is 11.8. The summed E-state index contributed by atoms with van der Waals surface area (Å²) in [5.74, 6) is 0.808. The summed E-state index contributed by atoms with van der Waals surface area (Å²) in [7, 11) is 3.97. The number of carbonyl (C=O) groups is 1. The zero-order chi connectivity index (χ0) is 19.1. The van der Waals surface area contributed by atoms with E-state index in [-0.39, 0.29) is 11.9 Å². The van der Waals surface area contributed by atoms with E-state index in [1.165, 1.54) is 44.3 Å². The molecular formula is C22H31N3O2. The molecule has 1 saturated heterocycles. The first-order chi connectivity index (χ1) is 13.1. The molecule has 0 saturated carbocycles. The minimum Gasteiger partial charge on any atom is -0.468 e. The van der Waals surface area contributed by atoms with Crippen molar-refractivity contribution in [1.29, 1.82) is 0 Å². The van der Waals surface area contributed by atoms with Gasteiger partial charge >= 0.3 is 0 Å². The summed E-state index contributed by atoms with van der Waals surface area (Å²) < 4.78 is 5.49. The molecule has 1 amide bonds. The van der Waals surface area contributed by atoms with E-state index in [4.69, 9.17) is 4.42 Å². The summed E-state index contributed by atoms with van der Waals surface area (Å²) >= 11 is 0. The molecule has 1 N–H and O–H groups in total. The van der Waals surface area contributed by atoms with Crippen LogP contribution >= 0.6 is 0 Å². The highest BCUT2D eigenvalue weighted by atomic mass is 16.3. The van der Waals surface area contributed by atoms with Gasteiger partial charge < -0.3 is 9.73 Å². The summed E-state index contributed by atoms with van der Waals surface area (Å²) in [6.45, 7) is 3.85. The van der Waals surface area contributed by atoms with Crippen molar-refractivity contribution in [3.8, 4) is 0 Å². The summed E-state index contributed by atoms with van der Waals surface area (Å²) in [5, 5.41) is 3.03. The number of amides is 1. The molecule has 0 radical (unpaired) electrons. The average Bonchev–Trinajstić information content (AvgIpc) is 3.06. The fourth-order valence-electron chi connectivity index (χ4n) is 3.62. The van der Waals surface area contributed by atoms with Crippen molar-refractivity contribution in [1.82, 2.24) is 15.1 Å². The van der Waals surface area contributed by atoms with Crippen LogP contribution in [0.2, 0.25) is 0 Å². The van der Waals surface area contributed by atoms with Crippen LogP contribution in [0.5, 0.6) is 0 Å². The molecule has 1 aromatic carbocycles. The van der Waals surface area contributed by atoms with Gasteiger partial charge in [0.1, 0.15) is 5.76 Å². The van der Waals surface area contributed by atoms with Crippen LogP contribution in [0.3, 0.4) is 0 Å². The van der Waals surface area contributed by atoms with Crippen LogP contribution in [0.1, 0.15) is 53.4 Å². The molecule has 2 aromatic rings. The fourth-order valence-corrected chi connectivity index (χ4v) is 3.62. The van der Waals surface area contributed by atoms with Crippen LogP contribution < -0.4 is 5.32 Å². The molecule has 0 spiro atoms. The van der Waals surface area contributed by atoms with Gasteiger partial charge in [-0.25, -0.2) is 0 Å². The number of nitrogens with one attached hydrogen (secondary N) is 1. The van der Waals surface area contributed by atoms with Crippen LogP contribution in [0.4, 0.5) is 0 Å². The SMILES string of the molecule is CN(C)[C@H](CNC(=O)c1ccc(CN2CCCCCC2)cc1)c1ccco1. The third kappa shape index (κ3) is 5.68. The number of hydrogen-bond donors (Lipinski definition) is 1. The van der Waals surface area contributed by atoms with Gasteiger partial charge in [-0.15, -0.1) is 0 Å². The summed E-state index contributed by atoms with van der Waals surface area (Å²) in [4.78, 5) is 17.1. The van der Waals surface area contributed by atoms with E-state index in [2.05, 4.69) is 22.3 Å². The predicted octanol–water partition coefficient (Wildman–Crippen LogP) is 3.69. The molecule has 1 aliphatic rings. The molecule has 27 heavy (non-hydrogen) atoms. The minimum atomic E-state index is -0.0465. The molecule has 1 aliphatic heterocycles. The lowest BCUT2D eigenvalue weighted by molar-refractivity contribution is 0.0939. The van der Waals surface area contributed by atoms with E-state index in [1.807, 2.05) is 43.3 Å². The number of nitrogens with zero attached hydrogens (tertiary/aromatic N) is 2. The van der Waals surface area contributed by atoms with E-state index < -0.39 is 0 Å². The Bertz CT molecular complexity index is 687. The molecule has 146 valence electrons. The lowest BCUT2D eigenvalue weighted by Gasteiger charge is -2.22. The Morgan fingerprint density at radius 2 is 1.81 bits per heavy atom. The smallest absolute Gasteiger partial charge is 0.251 e. The van der Waals surface area contributed by atoms with Gasteiger partial charge in [-0.2, -0.15) is 0 Å². The number of benzene rings is 1. The normalized spacial score (nSPS) is 16.9. The van der Waals surface area contributed by atoms with Crippen molar-refractivity contribution in [2.24, 2.45) is 0 Å². The molecule has 1 fully saturated rings. The van der Waals surface area contributed by atoms with Crippen LogP contribution in [0.15, 0.2) is 47.1 Å². The molecule has 3 rings (SSSR count). The van der Waals surface area contributed by atoms with Gasteiger partial charge in [0.05, 0.1) is 12.3 Å². The van der Waals surface area contributed by atoms with E-state index in [0.29, 0.717) is 12.1 Å². The largest absolute Gasteiger partial charge is 0.468 e. The lowest BCUT2D eigenvalue weighted by atomic mass is 10.1. The summed E-state index contributed by atoms with van der Waals surface area (Å²) in [6.07, 6.45) is 6.95.